The SMILES string of the molecule is COc1cc([C@H]2C3=CC[C@@H]4C(=O)N(c5cccc([N+](=O)[O-])c5)C(=O)[C@@H]4[C@@H]3CC3=C2C(=O)C=C(Br)C3=O)cc(Cl)c1O. The summed E-state index contributed by atoms with van der Waals surface area (Å²) in [6, 6.07) is 8.36. The molecule has 6 rings (SSSR count). The number of fused-ring (bicyclic) bond motifs is 3. The van der Waals surface area contributed by atoms with E-state index in [0.29, 0.717) is 11.1 Å². The zero-order chi connectivity index (χ0) is 29.3. The monoisotopic (exact) mass is 638 g/mol. The number of hydrogen-bond acceptors (Lipinski definition) is 8. The number of phenolic OH excluding ortho intramolecular Hbond substituents is 1. The fraction of sp³-hybridized carbons (Fsp3) is 0.241. The number of Topliss-reactive ketones (excluding diaryl/α,β-unsaturated/α-hetero) is 1. The molecule has 0 bridgehead atoms. The summed E-state index contributed by atoms with van der Waals surface area (Å²) in [7, 11) is 1.36. The van der Waals surface area contributed by atoms with Crippen LogP contribution in [0.1, 0.15) is 24.3 Å². The van der Waals surface area contributed by atoms with Gasteiger partial charge in [-0.2, -0.15) is 0 Å². The number of methoxy groups -OCH3 is 1. The minimum absolute atomic E-state index is 0.0202. The highest BCUT2D eigenvalue weighted by Gasteiger charge is 2.56. The molecule has 2 amide bonds. The van der Waals surface area contributed by atoms with Crippen molar-refractivity contribution in [3.8, 4) is 11.5 Å². The number of amides is 2. The Morgan fingerprint density at radius 1 is 1.12 bits per heavy atom. The lowest BCUT2D eigenvalue weighted by Crippen LogP contribution is -2.39. The Kier molecular flexibility index (Phi) is 6.46. The van der Waals surface area contributed by atoms with Gasteiger partial charge < -0.3 is 9.84 Å². The van der Waals surface area contributed by atoms with Gasteiger partial charge in [0, 0.05) is 35.3 Å². The van der Waals surface area contributed by atoms with Gasteiger partial charge >= 0.3 is 0 Å². The van der Waals surface area contributed by atoms with E-state index in [1.807, 2.05) is 6.08 Å². The van der Waals surface area contributed by atoms with Gasteiger partial charge in [0.15, 0.2) is 23.1 Å². The summed E-state index contributed by atoms with van der Waals surface area (Å²) in [6.07, 6.45) is 3.29. The molecular formula is C29H20BrClN2O8. The van der Waals surface area contributed by atoms with Gasteiger partial charge in [-0.15, -0.1) is 0 Å². The first-order valence-corrected chi connectivity index (χ1v) is 13.8. The first kappa shape index (κ1) is 27.1. The Bertz CT molecular complexity index is 1710. The lowest BCUT2D eigenvalue weighted by Gasteiger charge is -2.42. The van der Waals surface area contributed by atoms with Crippen LogP contribution in [0.25, 0.3) is 0 Å². The number of nitro groups is 1. The Balaban J connectivity index is 1.49. The van der Waals surface area contributed by atoms with E-state index in [1.54, 1.807) is 0 Å². The summed E-state index contributed by atoms with van der Waals surface area (Å²) >= 11 is 9.50. The summed E-state index contributed by atoms with van der Waals surface area (Å²) in [5, 5.41) is 21.7. The molecule has 4 atom stereocenters. The second-order valence-corrected chi connectivity index (χ2v) is 11.5. The molecule has 12 heteroatoms. The van der Waals surface area contributed by atoms with Crippen molar-refractivity contribution in [3.05, 3.63) is 90.5 Å². The number of rotatable bonds is 4. The average Bonchev–Trinajstić information content (AvgIpc) is 3.21. The van der Waals surface area contributed by atoms with Gasteiger partial charge in [-0.3, -0.25) is 29.3 Å². The predicted octanol–water partition coefficient (Wildman–Crippen LogP) is 4.93. The van der Waals surface area contributed by atoms with Gasteiger partial charge in [-0.25, -0.2) is 4.90 Å². The molecule has 208 valence electrons. The number of aromatic hydroxyl groups is 1. The number of imide groups is 1. The quantitative estimate of drug-likeness (QED) is 0.163. The summed E-state index contributed by atoms with van der Waals surface area (Å²) in [6.45, 7) is 0. The van der Waals surface area contributed by atoms with Crippen LogP contribution in [-0.2, 0) is 19.2 Å². The van der Waals surface area contributed by atoms with Gasteiger partial charge in [-0.05, 0) is 58.5 Å². The number of carbonyl (C=O) groups excluding carboxylic acids is 4. The molecular weight excluding hydrogens is 620 g/mol. The van der Waals surface area contributed by atoms with Crippen LogP contribution in [0.2, 0.25) is 5.02 Å². The standard InChI is InChI=1S/C29H20BrClN2O8/c1-41-22-8-12(7-20(31)27(22)36)23-15-5-6-16-24(17(15)10-18-25(23)21(34)11-19(30)26(18)35)29(38)32(28(16)37)13-3-2-4-14(9-13)33(39)40/h2-5,7-9,11,16-17,23-24,36H,6,10H2,1H3/t16-,17+,23-,24-/m0/s1. The molecule has 3 aliphatic carbocycles. The predicted molar refractivity (Wildman–Crippen MR) is 150 cm³/mol. The molecule has 1 N–H and O–H groups in total. The molecule has 1 saturated heterocycles. The van der Waals surface area contributed by atoms with Crippen molar-refractivity contribution in [3.63, 3.8) is 0 Å². The third-order valence-corrected chi connectivity index (χ3v) is 9.11. The van der Waals surface area contributed by atoms with E-state index in [1.165, 1.54) is 49.6 Å². The van der Waals surface area contributed by atoms with Gasteiger partial charge in [0.2, 0.25) is 11.8 Å². The molecule has 0 aromatic heterocycles. The van der Waals surface area contributed by atoms with Gasteiger partial charge in [0.05, 0.1) is 39.1 Å². The molecule has 1 heterocycles. The average molecular weight is 640 g/mol. The normalized spacial score (nSPS) is 25.4. The Morgan fingerprint density at radius 2 is 1.88 bits per heavy atom. The highest BCUT2D eigenvalue weighted by Crippen LogP contribution is 2.56. The van der Waals surface area contributed by atoms with Gasteiger partial charge in [-0.1, -0.05) is 29.3 Å². The van der Waals surface area contributed by atoms with Crippen LogP contribution < -0.4 is 9.64 Å². The fourth-order valence-electron chi connectivity index (χ4n) is 6.50. The molecule has 0 saturated carbocycles. The zero-order valence-electron chi connectivity index (χ0n) is 21.3. The lowest BCUT2D eigenvalue weighted by atomic mass is 9.59. The maximum atomic E-state index is 13.9. The second-order valence-electron chi connectivity index (χ2n) is 10.2. The number of nitrogens with zero attached hydrogens (tertiary/aromatic N) is 2. The molecule has 4 aliphatic rings. The number of non-ortho nitro benzene ring substituents is 1. The number of hydrogen-bond donors (Lipinski definition) is 1. The smallest absolute Gasteiger partial charge is 0.271 e. The van der Waals surface area contributed by atoms with Crippen LogP contribution in [0.15, 0.2) is 69.8 Å². The highest BCUT2D eigenvalue weighted by molar-refractivity contribution is 9.12. The highest BCUT2D eigenvalue weighted by atomic mass is 79.9. The summed E-state index contributed by atoms with van der Waals surface area (Å²) in [5.74, 6) is -5.01. The maximum absolute atomic E-state index is 13.9. The number of benzene rings is 2. The van der Waals surface area contributed by atoms with Crippen LogP contribution in [0, 0.1) is 27.9 Å². The minimum atomic E-state index is -0.861. The molecule has 1 fully saturated rings. The third-order valence-electron chi connectivity index (χ3n) is 8.23. The van der Waals surface area contributed by atoms with E-state index in [9.17, 15) is 34.4 Å². The van der Waals surface area contributed by atoms with E-state index in [2.05, 4.69) is 15.9 Å². The zero-order valence-corrected chi connectivity index (χ0v) is 23.6. The van der Waals surface area contributed by atoms with Crippen molar-refractivity contribution < 1.29 is 33.9 Å². The van der Waals surface area contributed by atoms with Crippen molar-refractivity contribution >= 4 is 62.3 Å². The number of nitro benzene ring substituents is 1. The van der Waals surface area contributed by atoms with E-state index in [0.717, 1.165) is 4.90 Å². The van der Waals surface area contributed by atoms with Crippen LogP contribution >= 0.6 is 27.5 Å². The summed E-state index contributed by atoms with van der Waals surface area (Å²) in [5.41, 5.74) is 1.48. The number of allylic oxidation sites excluding steroid dienone is 6. The molecule has 1 aliphatic heterocycles. The Hall–Kier alpha value is -4.09. The molecule has 0 unspecified atom stereocenters. The molecule has 2 aromatic rings. The number of halogens is 2. The number of carbonyl (C=O) groups is 4. The van der Waals surface area contributed by atoms with Crippen molar-refractivity contribution in [2.75, 3.05) is 12.0 Å². The number of ether oxygens (including phenoxy) is 1. The van der Waals surface area contributed by atoms with Crippen molar-refractivity contribution in [1.82, 2.24) is 0 Å². The largest absolute Gasteiger partial charge is 0.503 e. The van der Waals surface area contributed by atoms with Crippen LogP contribution in [0.4, 0.5) is 11.4 Å². The van der Waals surface area contributed by atoms with Gasteiger partial charge in [0.25, 0.3) is 5.69 Å². The van der Waals surface area contributed by atoms with Crippen LogP contribution in [0.5, 0.6) is 11.5 Å². The van der Waals surface area contributed by atoms with Crippen molar-refractivity contribution in [1.29, 1.82) is 0 Å². The first-order chi connectivity index (χ1) is 19.5. The molecule has 2 aromatic carbocycles. The molecule has 0 radical (unpaired) electrons. The number of phenols is 1. The fourth-order valence-corrected chi connectivity index (χ4v) is 7.17. The van der Waals surface area contributed by atoms with E-state index in [4.69, 9.17) is 16.3 Å². The number of anilines is 1. The Labute approximate surface area is 246 Å². The summed E-state index contributed by atoms with van der Waals surface area (Å²) in [4.78, 5) is 66.0. The second kappa shape index (κ2) is 9.78. The minimum Gasteiger partial charge on any atom is -0.503 e. The van der Waals surface area contributed by atoms with E-state index in [-0.39, 0.29) is 62.1 Å². The van der Waals surface area contributed by atoms with E-state index >= 15 is 0 Å². The maximum Gasteiger partial charge on any atom is 0.271 e. The van der Waals surface area contributed by atoms with Gasteiger partial charge in [0.1, 0.15) is 0 Å². The molecule has 41 heavy (non-hydrogen) atoms. The van der Waals surface area contributed by atoms with E-state index < -0.39 is 46.2 Å². The third kappa shape index (κ3) is 4.06. The van der Waals surface area contributed by atoms with Crippen molar-refractivity contribution in [2.24, 2.45) is 17.8 Å². The van der Waals surface area contributed by atoms with Crippen LogP contribution in [0.3, 0.4) is 0 Å². The number of ketones is 2. The molecule has 10 nitrogen and oxygen atoms in total. The first-order valence-electron chi connectivity index (χ1n) is 12.6. The summed E-state index contributed by atoms with van der Waals surface area (Å²) < 4.78 is 5.38. The Morgan fingerprint density at radius 3 is 2.59 bits per heavy atom. The lowest BCUT2D eigenvalue weighted by molar-refractivity contribution is -0.384. The molecule has 0 spiro atoms. The topological polar surface area (TPSA) is 144 Å². The van der Waals surface area contributed by atoms with Crippen LogP contribution in [-0.4, -0.2) is 40.5 Å². The van der Waals surface area contributed by atoms with Crippen molar-refractivity contribution in [2.45, 2.75) is 18.8 Å².